The van der Waals surface area contributed by atoms with Crippen LogP contribution in [0.5, 0.6) is 5.88 Å². The maximum Gasteiger partial charge on any atom is 0.422 e. The van der Waals surface area contributed by atoms with Gasteiger partial charge in [-0.25, -0.2) is 15.0 Å². The van der Waals surface area contributed by atoms with Crippen LogP contribution < -0.4 is 15.4 Å². The molecule has 12 heteroatoms. The van der Waals surface area contributed by atoms with Gasteiger partial charge >= 0.3 is 6.18 Å². The zero-order valence-corrected chi connectivity index (χ0v) is 16.9. The molecule has 0 aromatic carbocycles. The predicted octanol–water partition coefficient (Wildman–Crippen LogP) is 3.09. The standard InChI is InChI=1S/C19H20F3N7O2/c1-11-8-14(26-18(24-11)27-15-6-7-29(3)28-15)17(30)25-12(2)13-4-5-16(23-9-13)31-10-19(20,21)22/h4-9,12H,10H2,1-3H3,(H,25,30)(H,24,26,27,28). The summed E-state index contributed by atoms with van der Waals surface area (Å²) in [6, 6.07) is 5.65. The molecule has 0 aliphatic rings. The number of amides is 1. The van der Waals surface area contributed by atoms with Gasteiger partial charge in [0.15, 0.2) is 12.4 Å². The molecule has 9 nitrogen and oxygen atoms in total. The van der Waals surface area contributed by atoms with Gasteiger partial charge in [0.2, 0.25) is 11.8 Å². The van der Waals surface area contributed by atoms with Crippen molar-refractivity contribution in [1.29, 1.82) is 0 Å². The molecule has 0 spiro atoms. The Morgan fingerprint density at radius 3 is 2.65 bits per heavy atom. The van der Waals surface area contributed by atoms with E-state index in [0.717, 1.165) is 0 Å². The van der Waals surface area contributed by atoms with Gasteiger partial charge in [0.25, 0.3) is 5.91 Å². The largest absolute Gasteiger partial charge is 0.468 e. The lowest BCUT2D eigenvalue weighted by Crippen LogP contribution is -2.28. The Morgan fingerprint density at radius 2 is 2.03 bits per heavy atom. The fraction of sp³-hybridized carbons (Fsp3) is 0.316. The number of pyridine rings is 1. The summed E-state index contributed by atoms with van der Waals surface area (Å²) in [7, 11) is 1.77. The highest BCUT2D eigenvalue weighted by molar-refractivity contribution is 5.93. The number of alkyl halides is 3. The first-order valence-electron chi connectivity index (χ1n) is 9.18. The van der Waals surface area contributed by atoms with Gasteiger partial charge in [-0.15, -0.1) is 0 Å². The van der Waals surface area contributed by atoms with Gasteiger partial charge in [-0.3, -0.25) is 9.48 Å². The molecule has 2 N–H and O–H groups in total. The monoisotopic (exact) mass is 435 g/mol. The lowest BCUT2D eigenvalue weighted by Gasteiger charge is -2.15. The number of aryl methyl sites for hydroxylation is 2. The lowest BCUT2D eigenvalue weighted by atomic mass is 10.1. The van der Waals surface area contributed by atoms with Crippen molar-refractivity contribution in [2.75, 3.05) is 11.9 Å². The number of halogens is 3. The number of ether oxygens (including phenoxy) is 1. The van der Waals surface area contributed by atoms with E-state index in [1.807, 2.05) is 0 Å². The average molecular weight is 435 g/mol. The number of hydrogen-bond acceptors (Lipinski definition) is 7. The molecule has 0 radical (unpaired) electrons. The van der Waals surface area contributed by atoms with Crippen LogP contribution in [-0.2, 0) is 7.05 Å². The second-order valence-electron chi connectivity index (χ2n) is 6.75. The minimum Gasteiger partial charge on any atom is -0.468 e. The molecular formula is C19H20F3N7O2. The van der Waals surface area contributed by atoms with Crippen LogP contribution in [0.1, 0.15) is 34.7 Å². The lowest BCUT2D eigenvalue weighted by molar-refractivity contribution is -0.154. The highest BCUT2D eigenvalue weighted by Crippen LogP contribution is 2.19. The molecule has 0 fully saturated rings. The first kappa shape index (κ1) is 22.0. The molecule has 0 bridgehead atoms. The molecule has 1 amide bonds. The first-order valence-corrected chi connectivity index (χ1v) is 9.18. The molecular weight excluding hydrogens is 415 g/mol. The van der Waals surface area contributed by atoms with E-state index >= 15 is 0 Å². The second-order valence-corrected chi connectivity index (χ2v) is 6.75. The van der Waals surface area contributed by atoms with E-state index in [0.29, 0.717) is 17.1 Å². The van der Waals surface area contributed by atoms with Gasteiger partial charge in [-0.1, -0.05) is 6.07 Å². The molecule has 3 aromatic heterocycles. The van der Waals surface area contributed by atoms with Crippen molar-refractivity contribution in [2.45, 2.75) is 26.1 Å². The molecule has 0 aliphatic heterocycles. The second kappa shape index (κ2) is 8.98. The number of carbonyl (C=O) groups is 1. The summed E-state index contributed by atoms with van der Waals surface area (Å²) in [5, 5.41) is 9.89. The van der Waals surface area contributed by atoms with E-state index in [9.17, 15) is 18.0 Å². The van der Waals surface area contributed by atoms with Crippen LogP contribution in [0, 0.1) is 6.92 Å². The van der Waals surface area contributed by atoms with Crippen molar-refractivity contribution >= 4 is 17.7 Å². The summed E-state index contributed by atoms with van der Waals surface area (Å²) in [6.07, 6.45) is -1.35. The van der Waals surface area contributed by atoms with Gasteiger partial charge in [-0.05, 0) is 25.5 Å². The average Bonchev–Trinajstić information content (AvgIpc) is 3.10. The summed E-state index contributed by atoms with van der Waals surface area (Å²) >= 11 is 0. The van der Waals surface area contributed by atoms with Crippen molar-refractivity contribution < 1.29 is 22.7 Å². The van der Waals surface area contributed by atoms with E-state index < -0.39 is 24.7 Å². The predicted molar refractivity (Wildman–Crippen MR) is 105 cm³/mol. The number of anilines is 2. The summed E-state index contributed by atoms with van der Waals surface area (Å²) in [4.78, 5) is 25.0. The topological polar surface area (TPSA) is 107 Å². The number of rotatable bonds is 7. The molecule has 1 unspecified atom stereocenters. The molecule has 3 rings (SSSR count). The highest BCUT2D eigenvalue weighted by Gasteiger charge is 2.28. The Hall–Kier alpha value is -3.70. The SMILES string of the molecule is Cc1cc(C(=O)NC(C)c2ccc(OCC(F)(F)F)nc2)nc(Nc2ccn(C)n2)n1. The van der Waals surface area contributed by atoms with Crippen LogP contribution >= 0.6 is 0 Å². The fourth-order valence-electron chi connectivity index (χ4n) is 2.58. The Kier molecular flexibility index (Phi) is 6.37. The fourth-order valence-corrected chi connectivity index (χ4v) is 2.58. The van der Waals surface area contributed by atoms with Gasteiger partial charge in [0.05, 0.1) is 6.04 Å². The smallest absolute Gasteiger partial charge is 0.422 e. The third kappa shape index (κ3) is 6.39. The van der Waals surface area contributed by atoms with Crippen molar-refractivity contribution in [3.63, 3.8) is 0 Å². The summed E-state index contributed by atoms with van der Waals surface area (Å²) in [5.41, 5.74) is 1.32. The van der Waals surface area contributed by atoms with Gasteiger partial charge in [0, 0.05) is 37.3 Å². The molecule has 0 aliphatic carbocycles. The summed E-state index contributed by atoms with van der Waals surface area (Å²) < 4.78 is 42.8. The quantitative estimate of drug-likeness (QED) is 0.587. The third-order valence-corrected chi connectivity index (χ3v) is 4.03. The Morgan fingerprint density at radius 1 is 1.26 bits per heavy atom. The van der Waals surface area contributed by atoms with Crippen molar-refractivity contribution in [1.82, 2.24) is 30.0 Å². The molecule has 1 atom stereocenters. The number of hydrogen-bond donors (Lipinski definition) is 2. The maximum absolute atomic E-state index is 12.7. The number of nitrogens with zero attached hydrogens (tertiary/aromatic N) is 5. The van der Waals surface area contributed by atoms with Gasteiger partial charge < -0.3 is 15.4 Å². The zero-order chi connectivity index (χ0) is 22.6. The Labute approximate surface area is 175 Å². The van der Waals surface area contributed by atoms with Crippen LogP contribution in [0.15, 0.2) is 36.7 Å². The minimum atomic E-state index is -4.44. The van der Waals surface area contributed by atoms with E-state index in [1.165, 1.54) is 24.4 Å². The van der Waals surface area contributed by atoms with E-state index in [1.54, 1.807) is 37.8 Å². The van der Waals surface area contributed by atoms with E-state index in [4.69, 9.17) is 0 Å². The van der Waals surface area contributed by atoms with Crippen LogP contribution in [-0.4, -0.2) is 43.4 Å². The van der Waals surface area contributed by atoms with Crippen molar-refractivity contribution in [2.24, 2.45) is 7.05 Å². The van der Waals surface area contributed by atoms with E-state index in [-0.39, 0.29) is 17.5 Å². The molecule has 31 heavy (non-hydrogen) atoms. The van der Waals surface area contributed by atoms with Gasteiger partial charge in [-0.2, -0.15) is 18.3 Å². The van der Waals surface area contributed by atoms with Crippen LogP contribution in [0.4, 0.5) is 24.9 Å². The molecule has 3 aromatic rings. The Balaban J connectivity index is 1.65. The first-order chi connectivity index (χ1) is 14.6. The van der Waals surface area contributed by atoms with Crippen LogP contribution in [0.3, 0.4) is 0 Å². The molecule has 3 heterocycles. The van der Waals surface area contributed by atoms with Crippen molar-refractivity contribution in [3.8, 4) is 5.88 Å². The van der Waals surface area contributed by atoms with Crippen LogP contribution in [0.2, 0.25) is 0 Å². The van der Waals surface area contributed by atoms with Crippen LogP contribution in [0.25, 0.3) is 0 Å². The Bertz CT molecular complexity index is 1050. The maximum atomic E-state index is 12.7. The summed E-state index contributed by atoms with van der Waals surface area (Å²) in [6.45, 7) is 2.02. The minimum absolute atomic E-state index is 0.149. The highest BCUT2D eigenvalue weighted by atomic mass is 19.4. The number of aromatic nitrogens is 5. The van der Waals surface area contributed by atoms with E-state index in [2.05, 4.69) is 35.4 Å². The third-order valence-electron chi connectivity index (χ3n) is 4.03. The zero-order valence-electron chi connectivity index (χ0n) is 16.9. The molecule has 164 valence electrons. The molecule has 0 saturated heterocycles. The normalized spacial score (nSPS) is 12.3. The molecule has 0 saturated carbocycles. The summed E-state index contributed by atoms with van der Waals surface area (Å²) in [5.74, 6) is 0.159. The number of carbonyl (C=O) groups excluding carboxylic acids is 1. The van der Waals surface area contributed by atoms with Crippen molar-refractivity contribution in [3.05, 3.63) is 53.6 Å². The van der Waals surface area contributed by atoms with Gasteiger partial charge in [0.1, 0.15) is 5.69 Å². The number of nitrogens with one attached hydrogen (secondary N) is 2.